The van der Waals surface area contributed by atoms with Crippen molar-refractivity contribution in [3.05, 3.63) is 0 Å². The first-order valence-corrected chi connectivity index (χ1v) is 5.08. The van der Waals surface area contributed by atoms with Crippen molar-refractivity contribution in [2.45, 2.75) is 44.6 Å². The number of hydrogen-bond donors (Lipinski definition) is 0. The summed E-state index contributed by atoms with van der Waals surface area (Å²) >= 11 is 0. The van der Waals surface area contributed by atoms with Gasteiger partial charge in [-0.25, -0.2) is 0 Å². The van der Waals surface area contributed by atoms with Gasteiger partial charge in [0.1, 0.15) is 0 Å². The summed E-state index contributed by atoms with van der Waals surface area (Å²) in [5, 5.41) is 0. The van der Waals surface area contributed by atoms with Gasteiger partial charge in [0, 0.05) is 13.0 Å². The minimum Gasteiger partial charge on any atom is -0.298 e. The summed E-state index contributed by atoms with van der Waals surface area (Å²) in [6.45, 7) is 4.33. The van der Waals surface area contributed by atoms with Crippen molar-refractivity contribution in [1.29, 1.82) is 0 Å². The first kappa shape index (κ1) is 8.24. The minimum atomic E-state index is 0.0377. The van der Waals surface area contributed by atoms with Crippen LogP contribution in [0, 0.1) is 0 Å². The zero-order chi connectivity index (χ0) is 8.60. The highest BCUT2D eigenvalue weighted by Gasteiger charge is 2.51. The molecule has 2 fully saturated rings. The summed E-state index contributed by atoms with van der Waals surface area (Å²) in [6.07, 6.45) is 5.50. The summed E-state index contributed by atoms with van der Waals surface area (Å²) in [7, 11) is 0. The Bertz CT molecular complexity index is 196. The molecule has 68 valence electrons. The van der Waals surface area contributed by atoms with E-state index >= 15 is 0 Å². The van der Waals surface area contributed by atoms with E-state index in [2.05, 4.69) is 11.8 Å². The number of nitrogens with zero attached hydrogens (tertiary/aromatic N) is 1. The van der Waals surface area contributed by atoms with E-state index in [4.69, 9.17) is 0 Å². The number of carbonyl (C=O) groups is 1. The predicted molar refractivity (Wildman–Crippen MR) is 48.1 cm³/mol. The number of hydrogen-bond acceptors (Lipinski definition) is 2. The first-order valence-electron chi connectivity index (χ1n) is 5.08. The summed E-state index contributed by atoms with van der Waals surface area (Å²) in [6, 6.07) is 0. The molecule has 1 saturated carbocycles. The quantitative estimate of drug-likeness (QED) is 0.622. The average molecular weight is 167 g/mol. The van der Waals surface area contributed by atoms with Gasteiger partial charge in [0.15, 0.2) is 5.78 Å². The van der Waals surface area contributed by atoms with Crippen LogP contribution in [0.4, 0.5) is 0 Å². The lowest BCUT2D eigenvalue weighted by Gasteiger charge is -2.44. The first-order chi connectivity index (χ1) is 5.79. The molecular formula is C10H17NO. The summed E-state index contributed by atoms with van der Waals surface area (Å²) < 4.78 is 0. The molecule has 0 radical (unpaired) electrons. The monoisotopic (exact) mass is 167 g/mol. The molecule has 1 spiro atoms. The lowest BCUT2D eigenvalue weighted by molar-refractivity contribution is -0.129. The van der Waals surface area contributed by atoms with Gasteiger partial charge in [0.05, 0.1) is 5.54 Å². The lowest BCUT2D eigenvalue weighted by atomic mass is 9.74. The van der Waals surface area contributed by atoms with Gasteiger partial charge < -0.3 is 0 Å². The van der Waals surface area contributed by atoms with Crippen molar-refractivity contribution in [3.8, 4) is 0 Å². The van der Waals surface area contributed by atoms with Gasteiger partial charge in [-0.05, 0) is 32.2 Å². The maximum atomic E-state index is 11.6. The molecule has 1 heterocycles. The minimum absolute atomic E-state index is 0.0377. The maximum absolute atomic E-state index is 11.6. The van der Waals surface area contributed by atoms with Crippen molar-refractivity contribution in [1.82, 2.24) is 4.90 Å². The molecule has 1 aliphatic heterocycles. The van der Waals surface area contributed by atoms with Crippen LogP contribution in [-0.4, -0.2) is 29.3 Å². The van der Waals surface area contributed by atoms with Gasteiger partial charge in [0.25, 0.3) is 0 Å². The molecule has 0 unspecified atom stereocenters. The highest BCUT2D eigenvalue weighted by atomic mass is 16.1. The van der Waals surface area contributed by atoms with Crippen molar-refractivity contribution in [3.63, 3.8) is 0 Å². The van der Waals surface area contributed by atoms with Crippen LogP contribution >= 0.6 is 0 Å². The van der Waals surface area contributed by atoms with Gasteiger partial charge in [-0.1, -0.05) is 6.92 Å². The van der Waals surface area contributed by atoms with Crippen LogP contribution in [0.2, 0.25) is 0 Å². The molecule has 0 aromatic carbocycles. The van der Waals surface area contributed by atoms with Gasteiger partial charge in [-0.15, -0.1) is 0 Å². The van der Waals surface area contributed by atoms with Crippen LogP contribution in [0.1, 0.15) is 39.0 Å². The van der Waals surface area contributed by atoms with Crippen molar-refractivity contribution in [2.24, 2.45) is 0 Å². The summed E-state index contributed by atoms with van der Waals surface area (Å²) in [4.78, 5) is 14.0. The zero-order valence-electron chi connectivity index (χ0n) is 7.81. The van der Waals surface area contributed by atoms with Crippen LogP contribution in [-0.2, 0) is 4.79 Å². The predicted octanol–water partition coefficient (Wildman–Crippen LogP) is 1.59. The van der Waals surface area contributed by atoms with E-state index in [1.54, 1.807) is 0 Å². The molecule has 12 heavy (non-hydrogen) atoms. The fraction of sp³-hybridized carbons (Fsp3) is 0.900. The Balaban J connectivity index is 2.09. The largest absolute Gasteiger partial charge is 0.298 e. The Morgan fingerprint density at radius 1 is 1.50 bits per heavy atom. The molecule has 0 amide bonds. The molecule has 2 heteroatoms. The Morgan fingerprint density at radius 3 is 2.75 bits per heavy atom. The number of ketones is 1. The number of likely N-dealkylation sites (tertiary alicyclic amines) is 1. The third kappa shape index (κ3) is 0.939. The van der Waals surface area contributed by atoms with E-state index in [0.29, 0.717) is 5.78 Å². The smallest absolute Gasteiger partial charge is 0.154 e. The molecule has 2 aliphatic rings. The molecule has 2 nitrogen and oxygen atoms in total. The van der Waals surface area contributed by atoms with E-state index < -0.39 is 0 Å². The average Bonchev–Trinajstić information content (AvgIpc) is 2.27. The Kier molecular flexibility index (Phi) is 1.95. The Labute approximate surface area is 73.9 Å². The van der Waals surface area contributed by atoms with Gasteiger partial charge in [-0.2, -0.15) is 0 Å². The van der Waals surface area contributed by atoms with E-state index in [-0.39, 0.29) is 5.54 Å². The highest BCUT2D eigenvalue weighted by Crippen LogP contribution is 2.42. The van der Waals surface area contributed by atoms with E-state index in [9.17, 15) is 4.79 Å². The fourth-order valence-electron chi connectivity index (χ4n) is 2.56. The van der Waals surface area contributed by atoms with Gasteiger partial charge >= 0.3 is 0 Å². The van der Waals surface area contributed by atoms with Crippen LogP contribution < -0.4 is 0 Å². The van der Waals surface area contributed by atoms with E-state index in [1.165, 1.54) is 12.8 Å². The molecule has 1 aliphatic carbocycles. The summed E-state index contributed by atoms with van der Waals surface area (Å²) in [5.74, 6) is 0.516. The van der Waals surface area contributed by atoms with E-state index in [0.717, 1.165) is 32.4 Å². The van der Waals surface area contributed by atoms with Crippen LogP contribution in [0.25, 0.3) is 0 Å². The molecule has 0 aromatic heterocycles. The fourth-order valence-corrected chi connectivity index (χ4v) is 2.56. The lowest BCUT2D eigenvalue weighted by Crippen LogP contribution is -2.53. The third-order valence-corrected chi connectivity index (χ3v) is 3.41. The zero-order valence-corrected chi connectivity index (χ0v) is 7.81. The SMILES string of the molecule is CCCN1CCC(=O)C12CCC2. The van der Waals surface area contributed by atoms with Gasteiger partial charge in [0.2, 0.25) is 0 Å². The van der Waals surface area contributed by atoms with Crippen LogP contribution in [0.3, 0.4) is 0 Å². The molecule has 0 atom stereocenters. The number of carbonyl (C=O) groups excluding carboxylic acids is 1. The van der Waals surface area contributed by atoms with Crippen LogP contribution in [0.5, 0.6) is 0 Å². The third-order valence-electron chi connectivity index (χ3n) is 3.41. The second-order valence-electron chi connectivity index (χ2n) is 4.05. The number of Topliss-reactive ketones (excluding diaryl/α,β-unsaturated/α-hetero) is 1. The molecule has 2 rings (SSSR count). The Hall–Kier alpha value is -0.370. The second-order valence-corrected chi connectivity index (χ2v) is 4.05. The molecule has 0 N–H and O–H groups in total. The highest BCUT2D eigenvalue weighted by molar-refractivity contribution is 5.91. The van der Waals surface area contributed by atoms with E-state index in [1.807, 2.05) is 0 Å². The van der Waals surface area contributed by atoms with Crippen molar-refractivity contribution >= 4 is 5.78 Å². The molecule has 1 saturated heterocycles. The molecule has 0 aromatic rings. The molecular weight excluding hydrogens is 150 g/mol. The van der Waals surface area contributed by atoms with Crippen molar-refractivity contribution < 1.29 is 4.79 Å². The maximum Gasteiger partial charge on any atom is 0.154 e. The van der Waals surface area contributed by atoms with Crippen molar-refractivity contribution in [2.75, 3.05) is 13.1 Å². The van der Waals surface area contributed by atoms with Crippen LogP contribution in [0.15, 0.2) is 0 Å². The Morgan fingerprint density at radius 2 is 2.25 bits per heavy atom. The normalized spacial score (nSPS) is 27.9. The van der Waals surface area contributed by atoms with Gasteiger partial charge in [-0.3, -0.25) is 9.69 Å². The number of rotatable bonds is 2. The standard InChI is InChI=1S/C10H17NO/c1-2-7-11-8-4-9(12)10(11)5-3-6-10/h2-8H2,1H3. The summed E-state index contributed by atoms with van der Waals surface area (Å²) in [5.41, 5.74) is 0.0377. The molecule has 0 bridgehead atoms. The second kappa shape index (κ2) is 2.84. The topological polar surface area (TPSA) is 20.3 Å².